The third kappa shape index (κ3) is 2.67. The Bertz CT molecular complexity index is 497. The minimum Gasteiger partial charge on any atom is -0.460 e. The van der Waals surface area contributed by atoms with Gasteiger partial charge in [-0.25, -0.2) is 4.98 Å². The van der Waals surface area contributed by atoms with Crippen LogP contribution >= 0.6 is 12.4 Å². The second-order valence-corrected chi connectivity index (χ2v) is 4.24. The van der Waals surface area contributed by atoms with Gasteiger partial charge < -0.3 is 4.74 Å². The number of ether oxygens (including phenoxy) is 1. The number of para-hydroxylation sites is 1. The maximum Gasteiger partial charge on any atom is 0.317 e. The van der Waals surface area contributed by atoms with Crippen LogP contribution in [0.4, 0.5) is 0 Å². The Morgan fingerprint density at radius 1 is 1.12 bits per heavy atom. The molecule has 1 fully saturated rings. The maximum absolute atomic E-state index is 5.76. The molecule has 1 heterocycles. The van der Waals surface area contributed by atoms with Crippen LogP contribution in [0.5, 0.6) is 6.01 Å². The molecule has 0 unspecified atom stereocenters. The Morgan fingerprint density at radius 2 is 1.88 bits per heavy atom. The number of rotatable bonds is 2. The van der Waals surface area contributed by atoms with Crippen molar-refractivity contribution in [2.75, 3.05) is 0 Å². The molecule has 1 saturated carbocycles. The fourth-order valence-corrected chi connectivity index (χ4v) is 2.17. The fraction of sp³-hybridized carbons (Fsp3) is 0.385. The van der Waals surface area contributed by atoms with Gasteiger partial charge in [-0.05, 0) is 31.7 Å². The first-order valence-electron chi connectivity index (χ1n) is 5.80. The molecule has 0 saturated heterocycles. The van der Waals surface area contributed by atoms with E-state index in [0.717, 1.165) is 23.7 Å². The zero-order chi connectivity index (χ0) is 10.8. The summed E-state index contributed by atoms with van der Waals surface area (Å²) in [5, 5.41) is 1.06. The van der Waals surface area contributed by atoms with Gasteiger partial charge in [-0.3, -0.25) is 0 Å². The van der Waals surface area contributed by atoms with Gasteiger partial charge >= 0.3 is 6.01 Å². The topological polar surface area (TPSA) is 35.0 Å². The number of hydrogen-bond acceptors (Lipinski definition) is 3. The first-order chi connectivity index (χ1) is 7.92. The van der Waals surface area contributed by atoms with Crippen molar-refractivity contribution in [3.05, 3.63) is 30.5 Å². The first-order valence-corrected chi connectivity index (χ1v) is 5.80. The largest absolute Gasteiger partial charge is 0.460 e. The molecule has 0 aliphatic heterocycles. The highest BCUT2D eigenvalue weighted by molar-refractivity contribution is 5.85. The van der Waals surface area contributed by atoms with E-state index >= 15 is 0 Å². The van der Waals surface area contributed by atoms with Crippen LogP contribution in [-0.2, 0) is 0 Å². The van der Waals surface area contributed by atoms with Gasteiger partial charge in [0.25, 0.3) is 0 Å². The van der Waals surface area contributed by atoms with Crippen LogP contribution in [0.3, 0.4) is 0 Å². The number of hydrogen-bond donors (Lipinski definition) is 0. The molecule has 3 rings (SSSR count). The van der Waals surface area contributed by atoms with Gasteiger partial charge in [-0.2, -0.15) is 4.98 Å². The SMILES string of the molecule is Cl.c1ccc2nc(OC3CCCC3)ncc2c1. The Kier molecular flexibility index (Phi) is 3.79. The number of halogens is 1. The van der Waals surface area contributed by atoms with Crippen molar-refractivity contribution in [3.63, 3.8) is 0 Å². The quantitative estimate of drug-likeness (QED) is 0.820. The molecule has 0 bridgehead atoms. The lowest BCUT2D eigenvalue weighted by molar-refractivity contribution is 0.193. The second-order valence-electron chi connectivity index (χ2n) is 4.24. The molecule has 17 heavy (non-hydrogen) atoms. The van der Waals surface area contributed by atoms with Crippen molar-refractivity contribution in [2.45, 2.75) is 31.8 Å². The molecule has 3 nitrogen and oxygen atoms in total. The minimum atomic E-state index is 0. The van der Waals surface area contributed by atoms with Crippen LogP contribution in [0.15, 0.2) is 30.5 Å². The van der Waals surface area contributed by atoms with E-state index in [1.54, 1.807) is 0 Å². The second kappa shape index (κ2) is 5.32. The molecule has 0 atom stereocenters. The highest BCUT2D eigenvalue weighted by Gasteiger charge is 2.17. The van der Waals surface area contributed by atoms with E-state index in [1.807, 2.05) is 30.5 Å². The van der Waals surface area contributed by atoms with Crippen molar-refractivity contribution >= 4 is 23.3 Å². The normalized spacial score (nSPS) is 15.8. The van der Waals surface area contributed by atoms with Crippen LogP contribution in [0.2, 0.25) is 0 Å². The number of benzene rings is 1. The molecule has 0 radical (unpaired) electrons. The summed E-state index contributed by atoms with van der Waals surface area (Å²) in [7, 11) is 0. The summed E-state index contributed by atoms with van der Waals surface area (Å²) in [4.78, 5) is 8.64. The summed E-state index contributed by atoms with van der Waals surface area (Å²) in [5.74, 6) is 0. The summed E-state index contributed by atoms with van der Waals surface area (Å²) < 4.78 is 5.76. The Morgan fingerprint density at radius 3 is 2.71 bits per heavy atom. The summed E-state index contributed by atoms with van der Waals surface area (Å²) >= 11 is 0. The van der Waals surface area contributed by atoms with Crippen LogP contribution in [0.25, 0.3) is 10.9 Å². The number of aromatic nitrogens is 2. The average Bonchev–Trinajstić information content (AvgIpc) is 2.82. The van der Waals surface area contributed by atoms with Crippen LogP contribution < -0.4 is 4.74 Å². The molecular weight excluding hydrogens is 236 g/mol. The predicted molar refractivity (Wildman–Crippen MR) is 69.7 cm³/mol. The monoisotopic (exact) mass is 250 g/mol. The van der Waals surface area contributed by atoms with Gasteiger partial charge in [-0.1, -0.05) is 18.2 Å². The molecular formula is C13H15ClN2O. The zero-order valence-corrected chi connectivity index (χ0v) is 10.3. The van der Waals surface area contributed by atoms with Crippen molar-refractivity contribution < 1.29 is 4.74 Å². The van der Waals surface area contributed by atoms with E-state index in [0.29, 0.717) is 12.1 Å². The van der Waals surface area contributed by atoms with E-state index in [9.17, 15) is 0 Å². The molecule has 1 aromatic heterocycles. The van der Waals surface area contributed by atoms with Gasteiger partial charge in [-0.15, -0.1) is 12.4 Å². The van der Waals surface area contributed by atoms with Gasteiger partial charge in [0.1, 0.15) is 6.10 Å². The number of fused-ring (bicyclic) bond motifs is 1. The van der Waals surface area contributed by atoms with E-state index < -0.39 is 0 Å². The summed E-state index contributed by atoms with van der Waals surface area (Å²) in [6.07, 6.45) is 6.94. The molecule has 1 aliphatic rings. The molecule has 1 aliphatic carbocycles. The predicted octanol–water partition coefficient (Wildman–Crippen LogP) is 3.37. The van der Waals surface area contributed by atoms with Crippen molar-refractivity contribution in [1.82, 2.24) is 9.97 Å². The van der Waals surface area contributed by atoms with Gasteiger partial charge in [0.15, 0.2) is 0 Å². The third-order valence-corrected chi connectivity index (χ3v) is 3.04. The lowest BCUT2D eigenvalue weighted by atomic mass is 10.2. The molecule has 0 N–H and O–H groups in total. The van der Waals surface area contributed by atoms with E-state index in [2.05, 4.69) is 9.97 Å². The molecule has 90 valence electrons. The van der Waals surface area contributed by atoms with Gasteiger partial charge in [0.2, 0.25) is 0 Å². The lowest BCUT2D eigenvalue weighted by Gasteiger charge is -2.10. The first kappa shape index (κ1) is 12.1. The molecule has 0 spiro atoms. The van der Waals surface area contributed by atoms with E-state index in [4.69, 9.17) is 4.74 Å². The van der Waals surface area contributed by atoms with Crippen LogP contribution in [0, 0.1) is 0 Å². The Balaban J connectivity index is 0.00000108. The highest BCUT2D eigenvalue weighted by atomic mass is 35.5. The van der Waals surface area contributed by atoms with Crippen molar-refractivity contribution in [3.8, 4) is 6.01 Å². The Labute approximate surface area is 107 Å². The summed E-state index contributed by atoms with van der Waals surface area (Å²) in [6, 6.07) is 8.48. The summed E-state index contributed by atoms with van der Waals surface area (Å²) in [5.41, 5.74) is 0.950. The van der Waals surface area contributed by atoms with Gasteiger partial charge in [0.05, 0.1) is 5.52 Å². The molecule has 1 aromatic carbocycles. The zero-order valence-electron chi connectivity index (χ0n) is 9.50. The number of nitrogens with zero attached hydrogens (tertiary/aromatic N) is 2. The van der Waals surface area contributed by atoms with Crippen LogP contribution in [-0.4, -0.2) is 16.1 Å². The van der Waals surface area contributed by atoms with Crippen molar-refractivity contribution in [2.24, 2.45) is 0 Å². The minimum absolute atomic E-state index is 0. The molecule has 0 amide bonds. The average molecular weight is 251 g/mol. The highest BCUT2D eigenvalue weighted by Crippen LogP contribution is 2.22. The smallest absolute Gasteiger partial charge is 0.317 e. The van der Waals surface area contributed by atoms with Crippen molar-refractivity contribution in [1.29, 1.82) is 0 Å². The van der Waals surface area contributed by atoms with Gasteiger partial charge in [0, 0.05) is 11.6 Å². The molecule has 4 heteroatoms. The fourth-order valence-electron chi connectivity index (χ4n) is 2.17. The maximum atomic E-state index is 5.76. The van der Waals surface area contributed by atoms with E-state index in [-0.39, 0.29) is 12.4 Å². The third-order valence-electron chi connectivity index (χ3n) is 3.04. The van der Waals surface area contributed by atoms with Crippen LogP contribution in [0.1, 0.15) is 25.7 Å². The standard InChI is InChI=1S/C13H14N2O.ClH/c1-4-8-12-10(5-1)9-14-13(15-12)16-11-6-2-3-7-11;/h1,4-5,8-9,11H,2-3,6-7H2;1H. The Hall–Kier alpha value is -1.35. The lowest BCUT2D eigenvalue weighted by Crippen LogP contribution is -2.12. The molecule has 2 aromatic rings. The summed E-state index contributed by atoms with van der Waals surface area (Å²) in [6.45, 7) is 0. The van der Waals surface area contributed by atoms with E-state index in [1.165, 1.54) is 12.8 Å².